The van der Waals surface area contributed by atoms with Crippen LogP contribution >= 0.6 is 35.1 Å². The number of thioether (sulfide) groups is 2. The fourth-order valence-electron chi connectivity index (χ4n) is 7.45. The van der Waals surface area contributed by atoms with E-state index in [4.69, 9.17) is 31.3 Å². The van der Waals surface area contributed by atoms with Crippen molar-refractivity contribution < 1.29 is 14.3 Å². The third kappa shape index (κ3) is 5.91. The van der Waals surface area contributed by atoms with E-state index in [1.807, 2.05) is 41.2 Å². The number of nitrogens with zero attached hydrogens (tertiary/aromatic N) is 5. The zero-order valence-electron chi connectivity index (χ0n) is 27.9. The number of aromatic nitrogens is 5. The van der Waals surface area contributed by atoms with Gasteiger partial charge in [0, 0.05) is 76.1 Å². The summed E-state index contributed by atoms with van der Waals surface area (Å²) in [7, 11) is 5.42. The molecule has 3 aromatic carbocycles. The lowest BCUT2D eigenvalue weighted by atomic mass is 9.95. The van der Waals surface area contributed by atoms with Crippen LogP contribution < -0.4 is 4.74 Å². The Labute approximate surface area is 299 Å². The number of esters is 1. The van der Waals surface area contributed by atoms with Gasteiger partial charge < -0.3 is 14.0 Å². The Morgan fingerprint density at radius 3 is 2.69 bits per heavy atom. The summed E-state index contributed by atoms with van der Waals surface area (Å²) in [5, 5.41) is 13.9. The Morgan fingerprint density at radius 1 is 0.939 bits per heavy atom. The van der Waals surface area contributed by atoms with Gasteiger partial charge in [-0.3, -0.25) is 9.36 Å². The maximum atomic E-state index is 13.4. The smallest absolute Gasteiger partial charge is 0.354 e. The standard InChI is InChI=1S/C38H38ClN5O3S2/c1-42-36-29-13-14-30(39)34(36)35-31(41-44-15-7-6-12-32(35)44)22-48-20-24-18-25(43(2)40-24)21-49-26-17-23-9-4-5-10-27(23)33(19-26)47-16-8-11-28(29)37(42)38(45)46-3/h4-5,9-10,13-14,17-19H,6-8,11-12,15-16,20-22H2,1-3H3. The summed E-state index contributed by atoms with van der Waals surface area (Å²) in [5.74, 6) is 2.81. The molecule has 0 saturated heterocycles. The molecule has 49 heavy (non-hydrogen) atoms. The largest absolute Gasteiger partial charge is 0.493 e. The second-order valence-electron chi connectivity index (χ2n) is 12.8. The first-order valence-electron chi connectivity index (χ1n) is 16.8. The Bertz CT molecular complexity index is 2240. The van der Waals surface area contributed by atoms with E-state index in [1.54, 1.807) is 11.8 Å². The first-order valence-corrected chi connectivity index (χ1v) is 19.3. The average Bonchev–Trinajstić information content (AvgIpc) is 3.75. The molecule has 3 aromatic heterocycles. The number of hydrogen-bond donors (Lipinski definition) is 0. The van der Waals surface area contributed by atoms with Crippen molar-refractivity contribution >= 4 is 62.8 Å². The molecule has 0 N–H and O–H groups in total. The minimum absolute atomic E-state index is 0.357. The van der Waals surface area contributed by atoms with Crippen LogP contribution in [0.25, 0.3) is 32.8 Å². The minimum Gasteiger partial charge on any atom is -0.493 e. The van der Waals surface area contributed by atoms with Gasteiger partial charge in [-0.15, -0.1) is 23.5 Å². The number of benzene rings is 3. The lowest BCUT2D eigenvalue weighted by molar-refractivity contribution is 0.0589. The lowest BCUT2D eigenvalue weighted by Gasteiger charge is -2.16. The number of rotatable bonds is 1. The van der Waals surface area contributed by atoms with Crippen molar-refractivity contribution in [2.75, 3.05) is 13.7 Å². The van der Waals surface area contributed by atoms with Crippen LogP contribution in [0.4, 0.5) is 0 Å². The molecular weight excluding hydrogens is 674 g/mol. The summed E-state index contributed by atoms with van der Waals surface area (Å²) in [4.78, 5) is 14.6. The zero-order chi connectivity index (χ0) is 33.6. The average molecular weight is 712 g/mol. The second kappa shape index (κ2) is 13.5. The molecule has 2 aliphatic heterocycles. The van der Waals surface area contributed by atoms with Crippen molar-refractivity contribution in [2.45, 2.75) is 60.8 Å². The predicted octanol–water partition coefficient (Wildman–Crippen LogP) is 8.76. The van der Waals surface area contributed by atoms with Crippen LogP contribution in [0.3, 0.4) is 0 Å². The van der Waals surface area contributed by atoms with Gasteiger partial charge in [-0.25, -0.2) is 4.79 Å². The van der Waals surface area contributed by atoms with Gasteiger partial charge in [0.15, 0.2) is 0 Å². The maximum absolute atomic E-state index is 13.4. The molecule has 8 rings (SSSR count). The molecule has 11 heteroatoms. The van der Waals surface area contributed by atoms with E-state index in [1.165, 1.54) is 18.5 Å². The van der Waals surface area contributed by atoms with E-state index in [0.717, 1.165) is 110 Å². The van der Waals surface area contributed by atoms with Crippen LogP contribution in [-0.4, -0.2) is 43.8 Å². The molecule has 8 nitrogen and oxygen atoms in total. The molecule has 0 amide bonds. The summed E-state index contributed by atoms with van der Waals surface area (Å²) < 4.78 is 18.0. The zero-order valence-corrected chi connectivity index (χ0v) is 30.3. The van der Waals surface area contributed by atoms with Gasteiger partial charge in [0.25, 0.3) is 0 Å². The molecule has 0 unspecified atom stereocenters. The van der Waals surface area contributed by atoms with Crippen molar-refractivity contribution in [1.82, 2.24) is 24.1 Å². The van der Waals surface area contributed by atoms with Crippen LogP contribution in [0.2, 0.25) is 5.02 Å². The first-order chi connectivity index (χ1) is 23.9. The summed E-state index contributed by atoms with van der Waals surface area (Å²) in [5.41, 5.74) is 8.96. The van der Waals surface area contributed by atoms with E-state index in [2.05, 4.69) is 53.2 Å². The first kappa shape index (κ1) is 32.4. The van der Waals surface area contributed by atoms with Gasteiger partial charge >= 0.3 is 5.97 Å². The van der Waals surface area contributed by atoms with Gasteiger partial charge in [0.05, 0.1) is 35.6 Å². The number of fused-ring (bicyclic) bond motifs is 10. The molecule has 0 fully saturated rings. The van der Waals surface area contributed by atoms with Crippen LogP contribution in [-0.2, 0) is 55.5 Å². The van der Waals surface area contributed by atoms with Gasteiger partial charge in [-0.2, -0.15) is 10.2 Å². The minimum atomic E-state index is -0.357. The van der Waals surface area contributed by atoms with Crippen LogP contribution in [0.1, 0.15) is 58.1 Å². The maximum Gasteiger partial charge on any atom is 0.354 e. The van der Waals surface area contributed by atoms with E-state index < -0.39 is 0 Å². The molecule has 2 aliphatic rings. The van der Waals surface area contributed by atoms with Gasteiger partial charge in [0.1, 0.15) is 11.4 Å². The molecule has 0 atom stereocenters. The van der Waals surface area contributed by atoms with Crippen LogP contribution in [0, 0.1) is 0 Å². The van der Waals surface area contributed by atoms with Crippen molar-refractivity contribution in [3.05, 3.63) is 93.7 Å². The van der Waals surface area contributed by atoms with E-state index in [-0.39, 0.29) is 5.97 Å². The topological polar surface area (TPSA) is 76.1 Å². The highest BCUT2D eigenvalue weighted by Gasteiger charge is 2.29. The monoisotopic (exact) mass is 711 g/mol. The normalized spacial score (nSPS) is 15.4. The summed E-state index contributed by atoms with van der Waals surface area (Å²) in [6.45, 7) is 1.39. The number of aryl methyl sites for hydroxylation is 4. The molecule has 0 saturated carbocycles. The molecule has 252 valence electrons. The number of ether oxygens (including phenoxy) is 2. The van der Waals surface area contributed by atoms with E-state index >= 15 is 0 Å². The Morgan fingerprint density at radius 2 is 1.82 bits per heavy atom. The van der Waals surface area contributed by atoms with Gasteiger partial charge in [-0.1, -0.05) is 41.9 Å². The Balaban J connectivity index is 1.27. The van der Waals surface area contributed by atoms with Gasteiger partial charge in [0.2, 0.25) is 0 Å². The molecule has 0 aliphatic carbocycles. The van der Waals surface area contributed by atoms with E-state index in [0.29, 0.717) is 23.7 Å². The number of carbonyl (C=O) groups is 1. The van der Waals surface area contributed by atoms with Crippen molar-refractivity contribution in [3.8, 4) is 16.9 Å². The van der Waals surface area contributed by atoms with Crippen molar-refractivity contribution in [2.24, 2.45) is 14.1 Å². The molecule has 6 aromatic rings. The van der Waals surface area contributed by atoms with Gasteiger partial charge in [-0.05, 0) is 67.3 Å². The highest BCUT2D eigenvalue weighted by molar-refractivity contribution is 7.98. The fraction of sp³-hybridized carbons (Fsp3) is 0.342. The SMILES string of the molecule is COC(=O)c1c2c3ccc(Cl)c(c3n1C)-c1c(nn3c1CCCC3)CSCc1cc(n(C)n1)CSc1cc(c3ccccc3c1)OCCC2. The number of carbonyl (C=O) groups excluding carboxylic acids is 1. The number of hydrogen-bond acceptors (Lipinski definition) is 7. The summed E-state index contributed by atoms with van der Waals surface area (Å²) in [6, 6.07) is 19.0. The van der Waals surface area contributed by atoms with Crippen LogP contribution in [0.5, 0.6) is 5.75 Å². The fourth-order valence-corrected chi connectivity index (χ4v) is 9.53. The molecule has 5 heterocycles. The van der Waals surface area contributed by atoms with E-state index in [9.17, 15) is 4.79 Å². The Kier molecular flexibility index (Phi) is 8.88. The quantitative estimate of drug-likeness (QED) is 0.158. The molecule has 0 spiro atoms. The molecule has 8 bridgehead atoms. The molecular formula is C38H38ClN5O3S2. The van der Waals surface area contributed by atoms with Crippen molar-refractivity contribution in [3.63, 3.8) is 0 Å². The second-order valence-corrected chi connectivity index (χ2v) is 15.2. The number of methoxy groups -OCH3 is 1. The van der Waals surface area contributed by atoms with Crippen molar-refractivity contribution in [1.29, 1.82) is 0 Å². The molecule has 0 radical (unpaired) electrons. The third-order valence-electron chi connectivity index (χ3n) is 9.73. The summed E-state index contributed by atoms with van der Waals surface area (Å²) in [6.07, 6.45) is 4.52. The number of halogens is 1. The highest BCUT2D eigenvalue weighted by atomic mass is 35.5. The summed E-state index contributed by atoms with van der Waals surface area (Å²) >= 11 is 10.8. The Hall–Kier alpha value is -3.86. The third-order valence-corrected chi connectivity index (χ3v) is 12.0. The highest BCUT2D eigenvalue weighted by Crippen LogP contribution is 2.44. The van der Waals surface area contributed by atoms with Crippen LogP contribution in [0.15, 0.2) is 59.5 Å². The predicted molar refractivity (Wildman–Crippen MR) is 199 cm³/mol. The lowest BCUT2D eigenvalue weighted by Crippen LogP contribution is -2.12.